The van der Waals surface area contributed by atoms with Crippen LogP contribution in [0, 0.1) is 0 Å². The molecular formula is C18H30N2S. The predicted octanol–water partition coefficient (Wildman–Crippen LogP) is 5.00. The van der Waals surface area contributed by atoms with Crippen molar-refractivity contribution < 1.29 is 0 Å². The Labute approximate surface area is 133 Å². The average Bonchev–Trinajstić information content (AvgIpc) is 2.89. The molecule has 21 heavy (non-hydrogen) atoms. The van der Waals surface area contributed by atoms with Gasteiger partial charge in [-0.05, 0) is 52.9 Å². The number of nitrogens with zero attached hydrogens (tertiary/aromatic N) is 1. The lowest BCUT2D eigenvalue weighted by Gasteiger charge is -2.27. The van der Waals surface area contributed by atoms with Crippen LogP contribution in [0.5, 0.6) is 0 Å². The van der Waals surface area contributed by atoms with Crippen molar-refractivity contribution in [2.75, 3.05) is 6.54 Å². The zero-order valence-corrected chi connectivity index (χ0v) is 14.7. The van der Waals surface area contributed by atoms with Gasteiger partial charge in [-0.25, -0.2) is 4.98 Å². The molecule has 0 saturated heterocycles. The highest BCUT2D eigenvalue weighted by molar-refractivity contribution is 7.11. The van der Waals surface area contributed by atoms with E-state index >= 15 is 0 Å². The van der Waals surface area contributed by atoms with Crippen molar-refractivity contribution in [3.05, 3.63) is 15.6 Å². The number of aryl methyl sites for hydroxylation is 1. The van der Waals surface area contributed by atoms with E-state index in [4.69, 9.17) is 4.98 Å². The Morgan fingerprint density at radius 1 is 1.10 bits per heavy atom. The number of fused-ring (bicyclic) bond motifs is 1. The standard InChI is InChI=1S/C18H30N2S/c1-18(2,3)19-12-14-10-7-11-15-16(14)20-17(21-15)13-8-5-4-6-9-13/h13-14,19H,4-12H2,1-3H3. The van der Waals surface area contributed by atoms with Gasteiger partial charge in [0.15, 0.2) is 0 Å². The van der Waals surface area contributed by atoms with Crippen LogP contribution in [0.3, 0.4) is 0 Å². The summed E-state index contributed by atoms with van der Waals surface area (Å²) in [4.78, 5) is 6.73. The summed E-state index contributed by atoms with van der Waals surface area (Å²) < 4.78 is 0. The van der Waals surface area contributed by atoms with Crippen molar-refractivity contribution in [1.82, 2.24) is 10.3 Å². The summed E-state index contributed by atoms with van der Waals surface area (Å²) in [5, 5.41) is 5.15. The Bertz CT molecular complexity index is 466. The molecular weight excluding hydrogens is 276 g/mol. The van der Waals surface area contributed by atoms with Crippen LogP contribution in [0.2, 0.25) is 0 Å². The van der Waals surface area contributed by atoms with Gasteiger partial charge in [0.05, 0.1) is 10.7 Å². The third-order valence-electron chi connectivity index (χ3n) is 4.92. The number of aromatic nitrogens is 1. The number of nitrogens with one attached hydrogen (secondary N) is 1. The summed E-state index contributed by atoms with van der Waals surface area (Å²) >= 11 is 2.04. The number of hydrogen-bond donors (Lipinski definition) is 1. The molecule has 2 aliphatic rings. The molecule has 0 radical (unpaired) electrons. The lowest BCUT2D eigenvalue weighted by atomic mass is 9.89. The maximum absolute atomic E-state index is 5.14. The second-order valence-corrected chi connectivity index (χ2v) is 9.03. The smallest absolute Gasteiger partial charge is 0.0962 e. The lowest BCUT2D eigenvalue weighted by Crippen LogP contribution is -2.39. The van der Waals surface area contributed by atoms with Crippen LogP contribution in [0.25, 0.3) is 0 Å². The van der Waals surface area contributed by atoms with Crippen LogP contribution >= 0.6 is 11.3 Å². The monoisotopic (exact) mass is 306 g/mol. The molecule has 0 bridgehead atoms. The molecule has 1 aromatic rings. The van der Waals surface area contributed by atoms with Crippen molar-refractivity contribution in [3.8, 4) is 0 Å². The minimum atomic E-state index is 0.208. The van der Waals surface area contributed by atoms with Crippen LogP contribution < -0.4 is 5.32 Å². The van der Waals surface area contributed by atoms with Crippen LogP contribution in [-0.4, -0.2) is 17.1 Å². The van der Waals surface area contributed by atoms with E-state index in [1.165, 1.54) is 62.1 Å². The van der Waals surface area contributed by atoms with Crippen molar-refractivity contribution in [2.24, 2.45) is 0 Å². The van der Waals surface area contributed by atoms with E-state index in [0.717, 1.165) is 12.5 Å². The van der Waals surface area contributed by atoms with Gasteiger partial charge in [-0.3, -0.25) is 0 Å². The molecule has 0 aromatic carbocycles. The summed E-state index contributed by atoms with van der Waals surface area (Å²) in [6.45, 7) is 7.85. The molecule has 1 atom stereocenters. The summed E-state index contributed by atoms with van der Waals surface area (Å²) in [5.74, 6) is 1.41. The Morgan fingerprint density at radius 3 is 2.57 bits per heavy atom. The molecule has 1 unspecified atom stereocenters. The van der Waals surface area contributed by atoms with Crippen molar-refractivity contribution in [3.63, 3.8) is 0 Å². The van der Waals surface area contributed by atoms with Crippen molar-refractivity contribution >= 4 is 11.3 Å². The lowest BCUT2D eigenvalue weighted by molar-refractivity contribution is 0.387. The highest BCUT2D eigenvalue weighted by Gasteiger charge is 2.28. The fraction of sp³-hybridized carbons (Fsp3) is 0.833. The molecule has 2 nitrogen and oxygen atoms in total. The molecule has 0 aliphatic heterocycles. The second-order valence-electron chi connectivity index (χ2n) is 7.92. The zero-order chi connectivity index (χ0) is 14.9. The predicted molar refractivity (Wildman–Crippen MR) is 91.4 cm³/mol. The Kier molecular flexibility index (Phi) is 4.70. The van der Waals surface area contributed by atoms with Gasteiger partial charge in [-0.1, -0.05) is 19.3 Å². The van der Waals surface area contributed by atoms with Gasteiger partial charge in [0.2, 0.25) is 0 Å². The maximum atomic E-state index is 5.14. The van der Waals surface area contributed by atoms with Gasteiger partial charge < -0.3 is 5.32 Å². The highest BCUT2D eigenvalue weighted by Crippen LogP contribution is 2.40. The summed E-state index contributed by atoms with van der Waals surface area (Å²) in [6, 6.07) is 0. The minimum absolute atomic E-state index is 0.208. The van der Waals surface area contributed by atoms with E-state index in [1.54, 1.807) is 4.88 Å². The third-order valence-corrected chi connectivity index (χ3v) is 6.21. The Balaban J connectivity index is 1.73. The summed E-state index contributed by atoms with van der Waals surface area (Å²) in [6.07, 6.45) is 10.9. The highest BCUT2D eigenvalue weighted by atomic mass is 32.1. The molecule has 0 amide bonds. The molecule has 0 spiro atoms. The third kappa shape index (κ3) is 3.87. The minimum Gasteiger partial charge on any atom is -0.311 e. The van der Waals surface area contributed by atoms with Gasteiger partial charge in [-0.2, -0.15) is 0 Å². The molecule has 2 aliphatic carbocycles. The largest absolute Gasteiger partial charge is 0.311 e. The van der Waals surface area contributed by atoms with Gasteiger partial charge in [0.1, 0.15) is 0 Å². The Morgan fingerprint density at radius 2 is 1.86 bits per heavy atom. The molecule has 1 N–H and O–H groups in total. The van der Waals surface area contributed by atoms with Crippen molar-refractivity contribution in [2.45, 2.75) is 89.5 Å². The molecule has 1 saturated carbocycles. The van der Waals surface area contributed by atoms with E-state index in [1.807, 2.05) is 11.3 Å². The Hall–Kier alpha value is -0.410. The molecule has 1 heterocycles. The molecule has 118 valence electrons. The van der Waals surface area contributed by atoms with E-state index in [9.17, 15) is 0 Å². The van der Waals surface area contributed by atoms with E-state index in [0.29, 0.717) is 5.92 Å². The van der Waals surface area contributed by atoms with Crippen LogP contribution in [0.15, 0.2) is 0 Å². The first kappa shape index (κ1) is 15.5. The van der Waals surface area contributed by atoms with E-state index in [2.05, 4.69) is 26.1 Å². The van der Waals surface area contributed by atoms with E-state index in [-0.39, 0.29) is 5.54 Å². The van der Waals surface area contributed by atoms with Gasteiger partial charge >= 0.3 is 0 Å². The summed E-state index contributed by atoms with van der Waals surface area (Å²) in [7, 11) is 0. The first-order valence-corrected chi connectivity index (χ1v) is 9.59. The van der Waals surface area contributed by atoms with Crippen molar-refractivity contribution in [1.29, 1.82) is 0 Å². The summed E-state index contributed by atoms with van der Waals surface area (Å²) in [5.41, 5.74) is 1.66. The number of rotatable bonds is 3. The molecule has 1 fully saturated rings. The zero-order valence-electron chi connectivity index (χ0n) is 13.9. The molecule has 3 heteroatoms. The number of hydrogen-bond acceptors (Lipinski definition) is 3. The van der Waals surface area contributed by atoms with Gasteiger partial charge in [-0.15, -0.1) is 11.3 Å². The fourth-order valence-corrected chi connectivity index (χ4v) is 5.04. The first-order valence-electron chi connectivity index (χ1n) is 8.77. The first-order chi connectivity index (χ1) is 10.0. The quantitative estimate of drug-likeness (QED) is 0.850. The second kappa shape index (κ2) is 6.37. The van der Waals surface area contributed by atoms with Crippen LogP contribution in [-0.2, 0) is 6.42 Å². The molecule has 3 rings (SSSR count). The topological polar surface area (TPSA) is 24.9 Å². The number of thiazole rings is 1. The van der Waals surface area contributed by atoms with Gasteiger partial charge in [0.25, 0.3) is 0 Å². The maximum Gasteiger partial charge on any atom is 0.0962 e. The van der Waals surface area contributed by atoms with Gasteiger partial charge in [0, 0.05) is 28.8 Å². The fourth-order valence-electron chi connectivity index (χ4n) is 3.68. The van der Waals surface area contributed by atoms with Crippen LogP contribution in [0.4, 0.5) is 0 Å². The SMILES string of the molecule is CC(C)(C)NCC1CCCc2sc(C3CCCCC3)nc21. The van der Waals surface area contributed by atoms with Crippen LogP contribution in [0.1, 0.15) is 93.1 Å². The normalized spacial score (nSPS) is 24.0. The van der Waals surface area contributed by atoms with E-state index < -0.39 is 0 Å². The average molecular weight is 307 g/mol. The molecule has 1 aromatic heterocycles.